The molecule has 0 bridgehead atoms. The highest BCUT2D eigenvalue weighted by atomic mass is 16.3. The van der Waals surface area contributed by atoms with Crippen LogP contribution in [-0.4, -0.2) is 9.55 Å². The first-order chi connectivity index (χ1) is 37.6. The van der Waals surface area contributed by atoms with Crippen molar-refractivity contribution >= 4 is 132 Å². The summed E-state index contributed by atoms with van der Waals surface area (Å²) in [6.45, 7) is 0. The summed E-state index contributed by atoms with van der Waals surface area (Å²) in [5.74, 6) is 0.590. The number of benzene rings is 12. The normalized spacial score (nSPS) is 11.9. The van der Waals surface area contributed by atoms with E-state index in [1.54, 1.807) is 0 Å². The second kappa shape index (κ2) is 16.6. The molecule has 16 rings (SSSR count). The topological polar surface area (TPSA) is 63.7 Å². The van der Waals surface area contributed by atoms with Gasteiger partial charge in [0.15, 0.2) is 5.58 Å². The summed E-state index contributed by atoms with van der Waals surface area (Å²) in [7, 11) is 0. The van der Waals surface area contributed by atoms with Crippen LogP contribution in [0.2, 0.25) is 0 Å². The van der Waals surface area contributed by atoms with Crippen molar-refractivity contribution < 1.29 is 13.3 Å². The maximum absolute atomic E-state index is 6.52. The molecule has 16 aromatic rings. The van der Waals surface area contributed by atoms with Crippen LogP contribution < -0.4 is 9.80 Å². The lowest BCUT2D eigenvalue weighted by molar-refractivity contribution is 0.620. The van der Waals surface area contributed by atoms with E-state index in [0.717, 1.165) is 122 Å². The van der Waals surface area contributed by atoms with Crippen molar-refractivity contribution in [3.05, 3.63) is 255 Å². The van der Waals surface area contributed by atoms with Crippen molar-refractivity contribution in [2.45, 2.75) is 0 Å². The number of hydrogen-bond donors (Lipinski definition) is 0. The Kier molecular flexibility index (Phi) is 9.20. The predicted octanol–water partition coefficient (Wildman–Crippen LogP) is 19.6. The Morgan fingerprint density at radius 1 is 0.289 bits per heavy atom. The highest BCUT2D eigenvalue weighted by molar-refractivity contribution is 6.13. The minimum absolute atomic E-state index is 0.590. The summed E-state index contributed by atoms with van der Waals surface area (Å²) >= 11 is 0. The number of para-hydroxylation sites is 4. The van der Waals surface area contributed by atoms with Gasteiger partial charge in [-0.3, -0.25) is 0 Å². The molecule has 0 N–H and O–H groups in total. The van der Waals surface area contributed by atoms with Crippen LogP contribution in [0.4, 0.5) is 34.1 Å². The quantitative estimate of drug-likeness (QED) is 0.141. The third-order valence-electron chi connectivity index (χ3n) is 15.1. The Morgan fingerprint density at radius 3 is 1.36 bits per heavy atom. The van der Waals surface area contributed by atoms with Crippen LogP contribution in [-0.2, 0) is 0 Å². The lowest BCUT2D eigenvalue weighted by atomic mass is 9.99. The summed E-state index contributed by atoms with van der Waals surface area (Å²) < 4.78 is 21.8. The molecule has 0 fully saturated rings. The van der Waals surface area contributed by atoms with Gasteiger partial charge in [-0.05, 0) is 143 Å². The molecule has 4 aromatic heterocycles. The molecule has 0 spiro atoms. The standard InChI is InChI=1S/C69H42N4O3/c1-3-13-43(14-4-1)69-70-61-35-29-52(42-68(61)76-69)72(51-28-34-59-57-19-9-12-22-65(57)75-67(59)41-51)48-26-32-54-45(38-48)24-23-44-37-47(25-31-53(44)54)71(50-27-33-58-56-18-8-11-21-64(56)74-66(58)40-50)49-30-36-63-60(39-49)55-17-7-10-20-62(55)73(63)46-15-5-2-6-16-46/h1-42H. The molecule has 12 aromatic carbocycles. The fraction of sp³-hybridized carbons (Fsp3) is 0. The summed E-state index contributed by atoms with van der Waals surface area (Å²) in [5.41, 5.74) is 15.3. The number of nitrogens with zero attached hydrogens (tertiary/aromatic N) is 4. The predicted molar refractivity (Wildman–Crippen MR) is 313 cm³/mol. The van der Waals surface area contributed by atoms with Gasteiger partial charge in [0.05, 0.1) is 11.0 Å². The van der Waals surface area contributed by atoms with Crippen LogP contribution in [0.3, 0.4) is 0 Å². The van der Waals surface area contributed by atoms with Gasteiger partial charge in [-0.25, -0.2) is 4.98 Å². The smallest absolute Gasteiger partial charge is 0.227 e. The number of anilines is 6. The molecule has 7 heteroatoms. The third kappa shape index (κ3) is 6.66. The van der Waals surface area contributed by atoms with Crippen LogP contribution >= 0.6 is 0 Å². The van der Waals surface area contributed by atoms with Gasteiger partial charge in [-0.2, -0.15) is 0 Å². The summed E-state index contributed by atoms with van der Waals surface area (Å²) in [5, 5.41) is 11.3. The summed E-state index contributed by atoms with van der Waals surface area (Å²) in [6, 6.07) is 90.0. The minimum atomic E-state index is 0.590. The van der Waals surface area contributed by atoms with Gasteiger partial charge in [0.25, 0.3) is 0 Å². The number of furan rings is 2. The minimum Gasteiger partial charge on any atom is -0.456 e. The maximum atomic E-state index is 6.52. The molecule has 356 valence electrons. The zero-order valence-electron chi connectivity index (χ0n) is 40.8. The molecule has 7 nitrogen and oxygen atoms in total. The number of rotatable bonds is 8. The van der Waals surface area contributed by atoms with E-state index in [0.29, 0.717) is 11.5 Å². The van der Waals surface area contributed by atoms with E-state index >= 15 is 0 Å². The largest absolute Gasteiger partial charge is 0.456 e. The first-order valence-electron chi connectivity index (χ1n) is 25.6. The van der Waals surface area contributed by atoms with Crippen molar-refractivity contribution in [2.24, 2.45) is 0 Å². The Hall–Kier alpha value is -10.4. The Bertz CT molecular complexity index is 4970. The van der Waals surface area contributed by atoms with Crippen LogP contribution in [0.15, 0.2) is 268 Å². The number of hydrogen-bond acceptors (Lipinski definition) is 6. The average molecular weight is 975 g/mol. The molecule has 76 heavy (non-hydrogen) atoms. The molecule has 0 amide bonds. The Balaban J connectivity index is 0.836. The molecule has 0 aliphatic heterocycles. The molecule has 4 heterocycles. The number of fused-ring (bicyclic) bond motifs is 13. The molecule has 0 aliphatic rings. The zero-order chi connectivity index (χ0) is 49.8. The van der Waals surface area contributed by atoms with E-state index in [9.17, 15) is 0 Å². The zero-order valence-corrected chi connectivity index (χ0v) is 40.8. The highest BCUT2D eigenvalue weighted by Gasteiger charge is 2.22. The van der Waals surface area contributed by atoms with Crippen LogP contribution in [0, 0.1) is 0 Å². The summed E-state index contributed by atoms with van der Waals surface area (Å²) in [4.78, 5) is 9.49. The van der Waals surface area contributed by atoms with E-state index in [1.165, 1.54) is 16.3 Å². The van der Waals surface area contributed by atoms with Crippen molar-refractivity contribution in [1.29, 1.82) is 0 Å². The average Bonchev–Trinajstić information content (AvgIpc) is 4.30. The first-order valence-corrected chi connectivity index (χ1v) is 25.6. The maximum Gasteiger partial charge on any atom is 0.227 e. The monoisotopic (exact) mass is 974 g/mol. The van der Waals surface area contributed by atoms with E-state index in [-0.39, 0.29) is 0 Å². The van der Waals surface area contributed by atoms with Crippen LogP contribution in [0.5, 0.6) is 0 Å². The lowest BCUT2D eigenvalue weighted by Crippen LogP contribution is -2.10. The molecule has 0 radical (unpaired) electrons. The fourth-order valence-corrected chi connectivity index (χ4v) is 11.6. The third-order valence-corrected chi connectivity index (χ3v) is 15.1. The second-order valence-corrected chi connectivity index (χ2v) is 19.5. The first kappa shape index (κ1) is 42.2. The van der Waals surface area contributed by atoms with Gasteiger partial charge in [0, 0.05) is 95.9 Å². The Labute approximate surface area is 434 Å². The van der Waals surface area contributed by atoms with Crippen molar-refractivity contribution in [2.75, 3.05) is 9.80 Å². The van der Waals surface area contributed by atoms with Gasteiger partial charge < -0.3 is 27.6 Å². The molecule has 0 aliphatic carbocycles. The molecule has 0 unspecified atom stereocenters. The van der Waals surface area contributed by atoms with Crippen molar-refractivity contribution in [1.82, 2.24) is 9.55 Å². The molecule has 0 saturated carbocycles. The fourth-order valence-electron chi connectivity index (χ4n) is 11.6. The lowest BCUT2D eigenvalue weighted by Gasteiger charge is -2.27. The molecule has 0 atom stereocenters. The van der Waals surface area contributed by atoms with Gasteiger partial charge in [-0.15, -0.1) is 0 Å². The molecular formula is C69H42N4O3. The highest BCUT2D eigenvalue weighted by Crippen LogP contribution is 2.45. The van der Waals surface area contributed by atoms with Gasteiger partial charge >= 0.3 is 0 Å². The van der Waals surface area contributed by atoms with Gasteiger partial charge in [0.1, 0.15) is 27.8 Å². The van der Waals surface area contributed by atoms with E-state index in [1.807, 2.05) is 60.7 Å². The molecule has 0 saturated heterocycles. The van der Waals surface area contributed by atoms with Crippen molar-refractivity contribution in [3.63, 3.8) is 0 Å². The van der Waals surface area contributed by atoms with E-state index in [2.05, 4.69) is 208 Å². The van der Waals surface area contributed by atoms with E-state index in [4.69, 9.17) is 18.2 Å². The Morgan fingerprint density at radius 2 is 0.737 bits per heavy atom. The van der Waals surface area contributed by atoms with Crippen molar-refractivity contribution in [3.8, 4) is 17.1 Å². The SMILES string of the molecule is c1ccc(-c2nc3ccc(N(c4ccc5c(ccc6cc(N(c7ccc8c(c7)oc7ccccc78)c7ccc8c(c7)c7ccccc7n8-c7ccccc7)ccc65)c4)c4ccc5c(c4)oc4ccccc45)cc3o2)cc1. The summed E-state index contributed by atoms with van der Waals surface area (Å²) in [6.07, 6.45) is 0. The van der Waals surface area contributed by atoms with Crippen LogP contribution in [0.25, 0.3) is 115 Å². The second-order valence-electron chi connectivity index (χ2n) is 19.5. The van der Waals surface area contributed by atoms with Gasteiger partial charge in [0.2, 0.25) is 5.89 Å². The number of oxazole rings is 1. The number of aromatic nitrogens is 2. The van der Waals surface area contributed by atoms with Crippen LogP contribution in [0.1, 0.15) is 0 Å². The molecular weight excluding hydrogens is 933 g/mol. The van der Waals surface area contributed by atoms with Gasteiger partial charge in [-0.1, -0.05) is 115 Å². The van der Waals surface area contributed by atoms with E-state index < -0.39 is 0 Å².